The van der Waals surface area contributed by atoms with Crippen LogP contribution in [0, 0.1) is 17.6 Å². The molecule has 3 rings (SSSR count). The third kappa shape index (κ3) is 5.79. The average molecular weight is 471 g/mol. The Morgan fingerprint density at radius 3 is 2.53 bits per heavy atom. The molecule has 2 aromatic rings. The monoisotopic (exact) mass is 470 g/mol. The predicted molar refractivity (Wildman–Crippen MR) is 131 cm³/mol. The van der Waals surface area contributed by atoms with Crippen LogP contribution in [-0.2, 0) is 0 Å². The number of alkyl halides is 1. The first-order valence-corrected chi connectivity index (χ1v) is 10.7. The fourth-order valence-corrected chi connectivity index (χ4v) is 3.86. The topological polar surface area (TPSA) is 106 Å². The van der Waals surface area contributed by atoms with E-state index < -0.39 is 18.3 Å². The lowest BCUT2D eigenvalue weighted by atomic mass is 9.95. The van der Waals surface area contributed by atoms with Crippen LogP contribution in [0.2, 0.25) is 0 Å². The Kier molecular flexibility index (Phi) is 8.01. The zero-order chi connectivity index (χ0) is 24.8. The lowest BCUT2D eigenvalue weighted by Crippen LogP contribution is -2.47. The zero-order valence-electron chi connectivity index (χ0n) is 18.8. The minimum absolute atomic E-state index is 0.122. The number of piperidine rings is 1. The molecule has 0 spiro atoms. The summed E-state index contributed by atoms with van der Waals surface area (Å²) in [5, 5.41) is 3.15. The first-order valence-electron chi connectivity index (χ1n) is 10.7. The van der Waals surface area contributed by atoms with Crippen LogP contribution in [0.1, 0.15) is 12.0 Å². The molecule has 0 aliphatic carbocycles. The van der Waals surface area contributed by atoms with E-state index in [-0.39, 0.29) is 28.9 Å². The molecule has 7 N–H and O–H groups in total. The molecule has 9 heteroatoms. The normalized spacial score (nSPS) is 19.1. The summed E-state index contributed by atoms with van der Waals surface area (Å²) in [6.45, 7) is 8.61. The van der Waals surface area contributed by atoms with Crippen molar-refractivity contribution in [3.63, 3.8) is 0 Å². The van der Waals surface area contributed by atoms with Crippen molar-refractivity contribution >= 4 is 17.1 Å². The van der Waals surface area contributed by atoms with Crippen molar-refractivity contribution in [2.75, 3.05) is 30.0 Å². The summed E-state index contributed by atoms with van der Waals surface area (Å²) in [7, 11) is 0. The highest BCUT2D eigenvalue weighted by Crippen LogP contribution is 2.31. The van der Waals surface area contributed by atoms with Crippen molar-refractivity contribution in [2.45, 2.75) is 12.5 Å². The Labute approximate surface area is 197 Å². The van der Waals surface area contributed by atoms with Crippen LogP contribution in [0.4, 0.5) is 24.5 Å². The molecule has 0 amide bonds. The average Bonchev–Trinajstić information content (AvgIpc) is 2.81. The second kappa shape index (κ2) is 10.9. The van der Waals surface area contributed by atoms with Gasteiger partial charge in [-0.2, -0.15) is 0 Å². The van der Waals surface area contributed by atoms with E-state index in [0.29, 0.717) is 36.5 Å². The van der Waals surface area contributed by atoms with E-state index in [9.17, 15) is 13.2 Å². The van der Waals surface area contributed by atoms with Gasteiger partial charge in [-0.05, 0) is 36.8 Å². The predicted octanol–water partition coefficient (Wildman–Crippen LogP) is 3.81. The van der Waals surface area contributed by atoms with Gasteiger partial charge in [0.05, 0.1) is 29.8 Å². The van der Waals surface area contributed by atoms with Gasteiger partial charge in [0.25, 0.3) is 0 Å². The molecule has 0 radical (unpaired) electrons. The van der Waals surface area contributed by atoms with Crippen LogP contribution in [0.15, 0.2) is 78.9 Å². The van der Waals surface area contributed by atoms with Crippen LogP contribution in [0.5, 0.6) is 0 Å². The number of rotatable bonds is 8. The molecule has 2 atom stereocenters. The van der Waals surface area contributed by atoms with E-state index in [0.717, 1.165) is 17.8 Å². The Hall–Kier alpha value is -3.72. The van der Waals surface area contributed by atoms with Crippen LogP contribution in [-0.4, -0.2) is 30.8 Å². The minimum Gasteiger partial charge on any atom is -0.398 e. The molecule has 0 saturated carbocycles. The van der Waals surface area contributed by atoms with Gasteiger partial charge in [0.2, 0.25) is 0 Å². The number of benzene rings is 1. The van der Waals surface area contributed by atoms with Crippen LogP contribution < -0.4 is 27.4 Å². The SMILES string of the molecule is C=C(Nc1cnccc1N1CC(N)CC(CF)C1)C(=C)/C(N)=C\C=C(/N)c1c(F)cccc1F. The molecule has 0 bridgehead atoms. The molecule has 6 nitrogen and oxygen atoms in total. The smallest absolute Gasteiger partial charge is 0.135 e. The van der Waals surface area contributed by atoms with Crippen LogP contribution >= 0.6 is 0 Å². The number of hydrogen-bond donors (Lipinski definition) is 4. The second-order valence-electron chi connectivity index (χ2n) is 8.24. The standard InChI is InChI=1S/C25H29F3N6/c1-15(21(30)6-7-22(31)25-19(27)4-3-5-20(25)28)16(2)33-23-12-32-9-8-24(23)34-13-17(11-26)10-18(29)14-34/h3-9,12,17-18,33H,1-2,10-11,13-14,29-31H2/b21-6+,22-7-. The molecular formula is C25H29F3N6. The highest BCUT2D eigenvalue weighted by atomic mass is 19.1. The number of aromatic nitrogens is 1. The van der Waals surface area contributed by atoms with Gasteiger partial charge in [-0.3, -0.25) is 9.37 Å². The molecule has 2 heterocycles. The van der Waals surface area contributed by atoms with E-state index in [4.69, 9.17) is 17.2 Å². The van der Waals surface area contributed by atoms with Gasteiger partial charge >= 0.3 is 0 Å². The quantitative estimate of drug-likeness (QED) is 0.437. The molecular weight excluding hydrogens is 441 g/mol. The number of nitrogens with zero attached hydrogens (tertiary/aromatic N) is 2. The van der Waals surface area contributed by atoms with Gasteiger partial charge in [0.1, 0.15) is 11.6 Å². The summed E-state index contributed by atoms with van der Waals surface area (Å²) in [5.74, 6) is -1.69. The summed E-state index contributed by atoms with van der Waals surface area (Å²) >= 11 is 0. The van der Waals surface area contributed by atoms with E-state index in [2.05, 4.69) is 23.5 Å². The summed E-state index contributed by atoms with van der Waals surface area (Å²) in [4.78, 5) is 6.17. The molecule has 2 unspecified atom stereocenters. The maximum atomic E-state index is 13.9. The highest BCUT2D eigenvalue weighted by Gasteiger charge is 2.26. The minimum atomic E-state index is -0.776. The van der Waals surface area contributed by atoms with Crippen LogP contribution in [0.25, 0.3) is 5.70 Å². The molecule has 1 fully saturated rings. The number of anilines is 2. The van der Waals surface area contributed by atoms with Gasteiger partial charge in [0, 0.05) is 53.9 Å². The molecule has 1 aliphatic heterocycles. The van der Waals surface area contributed by atoms with Gasteiger partial charge in [0.15, 0.2) is 0 Å². The van der Waals surface area contributed by atoms with Crippen molar-refractivity contribution in [3.8, 4) is 0 Å². The van der Waals surface area contributed by atoms with Gasteiger partial charge in [-0.1, -0.05) is 19.2 Å². The van der Waals surface area contributed by atoms with Gasteiger partial charge < -0.3 is 27.4 Å². The lowest BCUT2D eigenvalue weighted by molar-refractivity contribution is 0.297. The Morgan fingerprint density at radius 1 is 1.15 bits per heavy atom. The summed E-state index contributed by atoms with van der Waals surface area (Å²) in [6.07, 6.45) is 6.61. The first kappa shape index (κ1) is 24.9. The van der Waals surface area contributed by atoms with Crippen LogP contribution in [0.3, 0.4) is 0 Å². The number of halogens is 3. The fraction of sp³-hybridized carbons (Fsp3) is 0.240. The Balaban J connectivity index is 1.75. The number of nitrogens with one attached hydrogen (secondary N) is 1. The molecule has 180 valence electrons. The molecule has 1 aromatic heterocycles. The summed E-state index contributed by atoms with van der Waals surface area (Å²) in [5.41, 5.74) is 20.0. The third-order valence-electron chi connectivity index (χ3n) is 5.62. The van der Waals surface area contributed by atoms with Crippen molar-refractivity contribution < 1.29 is 13.2 Å². The number of allylic oxidation sites excluding steroid dienone is 2. The largest absolute Gasteiger partial charge is 0.398 e. The Bertz CT molecular complexity index is 1110. The van der Waals surface area contributed by atoms with Crippen molar-refractivity contribution in [2.24, 2.45) is 23.1 Å². The second-order valence-corrected chi connectivity index (χ2v) is 8.24. The number of nitrogens with two attached hydrogens (primary N) is 3. The van der Waals surface area contributed by atoms with E-state index in [1.54, 1.807) is 12.4 Å². The van der Waals surface area contributed by atoms with Crippen molar-refractivity contribution in [1.29, 1.82) is 0 Å². The maximum Gasteiger partial charge on any atom is 0.135 e. The summed E-state index contributed by atoms with van der Waals surface area (Å²) in [6, 6.07) is 5.17. The maximum absolute atomic E-state index is 13.9. The molecule has 1 saturated heterocycles. The fourth-order valence-electron chi connectivity index (χ4n) is 3.86. The van der Waals surface area contributed by atoms with Crippen molar-refractivity contribution in [1.82, 2.24) is 4.98 Å². The van der Waals surface area contributed by atoms with E-state index >= 15 is 0 Å². The zero-order valence-corrected chi connectivity index (χ0v) is 18.8. The Morgan fingerprint density at radius 2 is 1.85 bits per heavy atom. The molecule has 34 heavy (non-hydrogen) atoms. The molecule has 1 aliphatic rings. The first-order chi connectivity index (χ1) is 16.2. The van der Waals surface area contributed by atoms with Gasteiger partial charge in [-0.15, -0.1) is 0 Å². The van der Waals surface area contributed by atoms with Gasteiger partial charge in [-0.25, -0.2) is 8.78 Å². The number of pyridine rings is 1. The van der Waals surface area contributed by atoms with E-state index in [1.165, 1.54) is 18.2 Å². The van der Waals surface area contributed by atoms with Crippen molar-refractivity contribution in [3.05, 3.63) is 96.1 Å². The van der Waals surface area contributed by atoms with E-state index in [1.807, 2.05) is 11.0 Å². The third-order valence-corrected chi connectivity index (χ3v) is 5.62. The summed E-state index contributed by atoms with van der Waals surface area (Å²) < 4.78 is 41.2. The lowest BCUT2D eigenvalue weighted by Gasteiger charge is -2.37. The highest BCUT2D eigenvalue weighted by molar-refractivity contribution is 5.73. The molecule has 1 aromatic carbocycles. The number of hydrogen-bond acceptors (Lipinski definition) is 6.